The van der Waals surface area contributed by atoms with Gasteiger partial charge in [0, 0.05) is 18.3 Å². The minimum Gasteiger partial charge on any atom is -0.472 e. The number of hydrogen-bond donors (Lipinski definition) is 3. The molecule has 130 valence electrons. The van der Waals surface area contributed by atoms with Crippen LogP contribution in [0, 0.1) is 11.8 Å². The first-order valence-electron chi connectivity index (χ1n) is 8.29. The third-order valence-corrected chi connectivity index (χ3v) is 5.19. The quantitative estimate of drug-likeness (QED) is 0.667. The Kier molecular flexibility index (Phi) is 5.08. The minimum absolute atomic E-state index is 0.0282. The molecule has 2 saturated heterocycles. The van der Waals surface area contributed by atoms with Gasteiger partial charge in [0.25, 0.3) is 0 Å². The van der Waals surface area contributed by atoms with E-state index in [-0.39, 0.29) is 24.0 Å². The number of epoxide rings is 1. The lowest BCUT2D eigenvalue weighted by atomic mass is 9.85. The highest BCUT2D eigenvalue weighted by atomic mass is 16.6. The summed E-state index contributed by atoms with van der Waals surface area (Å²) >= 11 is 0. The molecule has 3 N–H and O–H groups in total. The normalized spacial score (nSPS) is 39.9. The van der Waals surface area contributed by atoms with Crippen molar-refractivity contribution in [3.63, 3.8) is 0 Å². The summed E-state index contributed by atoms with van der Waals surface area (Å²) in [6, 6.07) is 1.83. The van der Waals surface area contributed by atoms with E-state index in [4.69, 9.17) is 13.9 Å². The third kappa shape index (κ3) is 3.78. The number of furan rings is 1. The molecular formula is C17H26O6. The standard InChI is InChI=1S/C17H26O6/c1-9(10(2)18)17-14(23-17)6-12-8-22-13(16(20)15(12)19)5-11-3-4-21-7-11/h3-4,7,9-10,12-20H,5-6,8H2,1-2H3/t9-,10-,12?,13-,14-,15+,16-,17-/m0/s1. The van der Waals surface area contributed by atoms with Crippen LogP contribution in [0.3, 0.4) is 0 Å². The van der Waals surface area contributed by atoms with Gasteiger partial charge in [-0.3, -0.25) is 0 Å². The Balaban J connectivity index is 1.50. The molecule has 3 heterocycles. The van der Waals surface area contributed by atoms with Gasteiger partial charge in [-0.2, -0.15) is 0 Å². The van der Waals surface area contributed by atoms with Gasteiger partial charge >= 0.3 is 0 Å². The smallest absolute Gasteiger partial charge is 0.107 e. The average molecular weight is 326 g/mol. The van der Waals surface area contributed by atoms with Crippen molar-refractivity contribution in [1.29, 1.82) is 0 Å². The molecule has 1 aromatic heterocycles. The van der Waals surface area contributed by atoms with E-state index in [0.717, 1.165) is 5.56 Å². The molecule has 0 bridgehead atoms. The van der Waals surface area contributed by atoms with Gasteiger partial charge in [-0.15, -0.1) is 0 Å². The summed E-state index contributed by atoms with van der Waals surface area (Å²) < 4.78 is 16.4. The minimum atomic E-state index is -0.921. The summed E-state index contributed by atoms with van der Waals surface area (Å²) in [5, 5.41) is 30.3. The van der Waals surface area contributed by atoms with Gasteiger partial charge in [-0.25, -0.2) is 0 Å². The first kappa shape index (κ1) is 16.9. The molecule has 0 spiro atoms. The summed E-state index contributed by atoms with van der Waals surface area (Å²) in [5.74, 6) is -0.0813. The van der Waals surface area contributed by atoms with Crippen molar-refractivity contribution in [1.82, 2.24) is 0 Å². The van der Waals surface area contributed by atoms with E-state index in [1.165, 1.54) is 0 Å². The number of rotatable bonds is 6. The second-order valence-corrected chi connectivity index (χ2v) is 6.92. The molecule has 0 amide bonds. The van der Waals surface area contributed by atoms with Gasteiger partial charge in [-0.1, -0.05) is 6.92 Å². The molecule has 0 aliphatic carbocycles. The Labute approximate surface area is 136 Å². The fraction of sp³-hybridized carbons (Fsp3) is 0.765. The largest absolute Gasteiger partial charge is 0.472 e. The molecule has 1 aromatic rings. The summed E-state index contributed by atoms with van der Waals surface area (Å²) in [5.41, 5.74) is 0.941. The average Bonchev–Trinajstić information content (AvgIpc) is 3.09. The van der Waals surface area contributed by atoms with Gasteiger partial charge in [0.15, 0.2) is 0 Å². The van der Waals surface area contributed by atoms with Crippen LogP contribution < -0.4 is 0 Å². The number of aliphatic hydroxyl groups excluding tert-OH is 3. The van der Waals surface area contributed by atoms with E-state index in [9.17, 15) is 15.3 Å². The van der Waals surface area contributed by atoms with E-state index < -0.39 is 24.4 Å². The van der Waals surface area contributed by atoms with Crippen LogP contribution in [-0.4, -0.2) is 58.6 Å². The van der Waals surface area contributed by atoms with Crippen molar-refractivity contribution in [3.05, 3.63) is 24.2 Å². The van der Waals surface area contributed by atoms with E-state index >= 15 is 0 Å². The van der Waals surface area contributed by atoms with Crippen molar-refractivity contribution >= 4 is 0 Å². The Hall–Kier alpha value is -0.920. The molecule has 3 rings (SSSR count). The second kappa shape index (κ2) is 6.91. The van der Waals surface area contributed by atoms with Gasteiger partial charge in [0.1, 0.15) is 6.10 Å². The lowest BCUT2D eigenvalue weighted by Crippen LogP contribution is -2.51. The predicted molar refractivity (Wildman–Crippen MR) is 81.8 cm³/mol. The number of ether oxygens (including phenoxy) is 2. The van der Waals surface area contributed by atoms with Gasteiger partial charge in [-0.05, 0) is 25.0 Å². The highest BCUT2D eigenvalue weighted by molar-refractivity contribution is 5.08. The lowest BCUT2D eigenvalue weighted by Gasteiger charge is -2.37. The zero-order chi connectivity index (χ0) is 16.6. The summed E-state index contributed by atoms with van der Waals surface area (Å²) in [7, 11) is 0. The van der Waals surface area contributed by atoms with Gasteiger partial charge in [0.05, 0.1) is 49.7 Å². The van der Waals surface area contributed by atoms with Crippen LogP contribution in [0.5, 0.6) is 0 Å². The van der Waals surface area contributed by atoms with Crippen molar-refractivity contribution < 1.29 is 29.2 Å². The maximum absolute atomic E-state index is 10.4. The number of hydrogen-bond acceptors (Lipinski definition) is 6. The van der Waals surface area contributed by atoms with E-state index in [1.54, 1.807) is 19.5 Å². The molecule has 8 atom stereocenters. The van der Waals surface area contributed by atoms with Crippen molar-refractivity contribution in [2.75, 3.05) is 6.61 Å². The Bertz CT molecular complexity index is 487. The molecule has 0 saturated carbocycles. The molecule has 0 radical (unpaired) electrons. The van der Waals surface area contributed by atoms with E-state index in [0.29, 0.717) is 19.4 Å². The molecular weight excluding hydrogens is 300 g/mol. The van der Waals surface area contributed by atoms with Crippen molar-refractivity contribution in [2.45, 2.75) is 63.3 Å². The Morgan fingerprint density at radius 3 is 2.65 bits per heavy atom. The zero-order valence-electron chi connectivity index (χ0n) is 13.5. The highest BCUT2D eigenvalue weighted by Gasteiger charge is 2.48. The third-order valence-electron chi connectivity index (χ3n) is 5.19. The molecule has 6 nitrogen and oxygen atoms in total. The summed E-state index contributed by atoms with van der Waals surface area (Å²) in [6.07, 6.45) is 1.83. The number of aliphatic hydroxyl groups is 3. The Morgan fingerprint density at radius 2 is 2.00 bits per heavy atom. The van der Waals surface area contributed by atoms with Gasteiger partial charge < -0.3 is 29.2 Å². The lowest BCUT2D eigenvalue weighted by molar-refractivity contribution is -0.165. The van der Waals surface area contributed by atoms with Gasteiger partial charge in [0.2, 0.25) is 0 Å². The van der Waals surface area contributed by atoms with Crippen LogP contribution in [-0.2, 0) is 15.9 Å². The first-order chi connectivity index (χ1) is 11.0. The summed E-state index contributed by atoms with van der Waals surface area (Å²) in [4.78, 5) is 0. The zero-order valence-corrected chi connectivity index (χ0v) is 13.5. The van der Waals surface area contributed by atoms with Crippen LogP contribution in [0.15, 0.2) is 23.0 Å². The SMILES string of the molecule is C[C@H]([C@@H]1O[C@H]1CC1CO[C@@H](Cc2ccoc2)[C@H](O)[C@@H]1O)[C@H](C)O. The molecule has 2 fully saturated rings. The predicted octanol–water partition coefficient (Wildman–Crippen LogP) is 0.733. The second-order valence-electron chi connectivity index (χ2n) is 6.92. The molecule has 6 heteroatoms. The van der Waals surface area contributed by atoms with Crippen LogP contribution in [0.2, 0.25) is 0 Å². The molecule has 1 unspecified atom stereocenters. The van der Waals surface area contributed by atoms with Crippen molar-refractivity contribution in [2.24, 2.45) is 11.8 Å². The van der Waals surface area contributed by atoms with E-state index in [2.05, 4.69) is 0 Å². The molecule has 2 aliphatic heterocycles. The van der Waals surface area contributed by atoms with Crippen LogP contribution >= 0.6 is 0 Å². The highest BCUT2D eigenvalue weighted by Crippen LogP contribution is 2.38. The monoisotopic (exact) mass is 326 g/mol. The topological polar surface area (TPSA) is 95.6 Å². The van der Waals surface area contributed by atoms with Crippen LogP contribution in [0.1, 0.15) is 25.8 Å². The molecule has 2 aliphatic rings. The fourth-order valence-corrected chi connectivity index (χ4v) is 3.35. The van der Waals surface area contributed by atoms with Crippen LogP contribution in [0.25, 0.3) is 0 Å². The molecule has 0 aromatic carbocycles. The first-order valence-corrected chi connectivity index (χ1v) is 8.29. The summed E-state index contributed by atoms with van der Waals surface area (Å²) in [6.45, 7) is 4.11. The van der Waals surface area contributed by atoms with Crippen molar-refractivity contribution in [3.8, 4) is 0 Å². The van der Waals surface area contributed by atoms with Crippen LogP contribution in [0.4, 0.5) is 0 Å². The fourth-order valence-electron chi connectivity index (χ4n) is 3.35. The van der Waals surface area contributed by atoms with E-state index in [1.807, 2.05) is 13.0 Å². The molecule has 23 heavy (non-hydrogen) atoms. The Morgan fingerprint density at radius 1 is 1.22 bits per heavy atom. The maximum Gasteiger partial charge on any atom is 0.107 e. The maximum atomic E-state index is 10.4.